The highest BCUT2D eigenvalue weighted by Gasteiger charge is 2.40. The number of nitrogens with zero attached hydrogens (tertiary/aromatic N) is 2. The molecule has 2 aromatic heterocycles. The van der Waals surface area contributed by atoms with Gasteiger partial charge in [0.15, 0.2) is 6.61 Å². The fourth-order valence-corrected chi connectivity index (χ4v) is 6.74. The van der Waals surface area contributed by atoms with Crippen molar-refractivity contribution in [2.45, 2.75) is 104 Å². The summed E-state index contributed by atoms with van der Waals surface area (Å²) in [6.07, 6.45) is 2.55. The molecule has 0 radical (unpaired) electrons. The standard InChI is InChI=1S/C43H59N7O7/c1-7-28(6)38(43(56)46-23-30-15-10-11-18-45-30)50-41(54)33(19-26(2)3)39(52)40(53)34(20-27(4)5)49-42(55)35(21-31-22-44-25-47-31)48-37(51)24-57-36-17-12-14-29-13-8-9-16-32(29)36/h8-18,22,25-28,33-35,38-40,52-53H,7,19-21,23-24H2,1-6H3,(H,44,47)(H,46,56)(H,48,51)(H,49,55)(H,50,54)/t28-,33-,34-,35-,38-,39+,40+/m0/s1. The average molecular weight is 786 g/mol. The molecule has 14 heteroatoms. The van der Waals surface area contributed by atoms with Crippen molar-refractivity contribution in [1.29, 1.82) is 0 Å². The van der Waals surface area contributed by atoms with Gasteiger partial charge in [0, 0.05) is 29.9 Å². The summed E-state index contributed by atoms with van der Waals surface area (Å²) in [6.45, 7) is 11.2. The number of hydrogen-bond donors (Lipinski definition) is 7. The fourth-order valence-electron chi connectivity index (χ4n) is 6.74. The lowest BCUT2D eigenvalue weighted by Gasteiger charge is -2.35. The number of carbonyl (C=O) groups is 4. The first-order valence-electron chi connectivity index (χ1n) is 19.8. The van der Waals surface area contributed by atoms with Gasteiger partial charge in [-0.15, -0.1) is 0 Å². The van der Waals surface area contributed by atoms with E-state index in [9.17, 15) is 29.4 Å². The lowest BCUT2D eigenvalue weighted by Crippen LogP contribution is -2.59. The number of ether oxygens (including phenoxy) is 1. The third-order valence-corrected chi connectivity index (χ3v) is 9.99. The van der Waals surface area contributed by atoms with E-state index in [0.717, 1.165) is 10.8 Å². The molecule has 0 aliphatic rings. The molecule has 0 aliphatic carbocycles. The van der Waals surface area contributed by atoms with Crippen LogP contribution < -0.4 is 26.0 Å². The van der Waals surface area contributed by atoms with Gasteiger partial charge in [0.25, 0.3) is 5.91 Å². The Morgan fingerprint density at radius 2 is 1.53 bits per heavy atom. The Labute approximate surface area is 335 Å². The summed E-state index contributed by atoms with van der Waals surface area (Å²) in [5.41, 5.74) is 1.25. The lowest BCUT2D eigenvalue weighted by atomic mass is 9.84. The van der Waals surface area contributed by atoms with E-state index >= 15 is 0 Å². The van der Waals surface area contributed by atoms with E-state index in [0.29, 0.717) is 23.6 Å². The van der Waals surface area contributed by atoms with Crippen molar-refractivity contribution in [3.63, 3.8) is 0 Å². The molecule has 0 saturated carbocycles. The number of fused-ring (bicyclic) bond motifs is 1. The number of aliphatic hydroxyl groups is 2. The molecule has 0 unspecified atom stereocenters. The second-order valence-corrected chi connectivity index (χ2v) is 15.5. The van der Waals surface area contributed by atoms with Crippen LogP contribution in [0.1, 0.15) is 72.2 Å². The summed E-state index contributed by atoms with van der Waals surface area (Å²) in [5, 5.41) is 36.7. The van der Waals surface area contributed by atoms with Gasteiger partial charge < -0.3 is 41.2 Å². The van der Waals surface area contributed by atoms with E-state index < -0.39 is 54.0 Å². The van der Waals surface area contributed by atoms with Crippen LogP contribution in [0.5, 0.6) is 5.75 Å². The summed E-state index contributed by atoms with van der Waals surface area (Å²) in [6, 6.07) is 15.5. The Balaban J connectivity index is 1.49. The molecule has 7 N–H and O–H groups in total. The largest absolute Gasteiger partial charge is 0.483 e. The predicted octanol–water partition coefficient (Wildman–Crippen LogP) is 3.83. The van der Waals surface area contributed by atoms with Crippen molar-refractivity contribution in [3.8, 4) is 5.75 Å². The van der Waals surface area contributed by atoms with Crippen molar-refractivity contribution >= 4 is 34.4 Å². The zero-order valence-corrected chi connectivity index (χ0v) is 33.8. The van der Waals surface area contributed by atoms with E-state index in [1.165, 1.54) is 6.33 Å². The van der Waals surface area contributed by atoms with Gasteiger partial charge in [-0.1, -0.05) is 90.4 Å². The van der Waals surface area contributed by atoms with Crippen LogP contribution in [0, 0.1) is 23.7 Å². The number of aromatic amines is 1. The van der Waals surface area contributed by atoms with E-state index in [-0.39, 0.29) is 56.1 Å². The van der Waals surface area contributed by atoms with Gasteiger partial charge in [-0.05, 0) is 54.2 Å². The summed E-state index contributed by atoms with van der Waals surface area (Å²) in [5.74, 6) is -3.07. The Morgan fingerprint density at radius 3 is 2.19 bits per heavy atom. The summed E-state index contributed by atoms with van der Waals surface area (Å²) >= 11 is 0. The van der Waals surface area contributed by atoms with Crippen molar-refractivity contribution < 1.29 is 34.1 Å². The van der Waals surface area contributed by atoms with Gasteiger partial charge >= 0.3 is 0 Å². The molecule has 0 bridgehead atoms. The van der Waals surface area contributed by atoms with Crippen molar-refractivity contribution in [3.05, 3.63) is 90.8 Å². The smallest absolute Gasteiger partial charge is 0.258 e. The molecule has 2 aromatic carbocycles. The number of aliphatic hydroxyl groups excluding tert-OH is 2. The number of aromatic nitrogens is 3. The number of pyridine rings is 1. The predicted molar refractivity (Wildman–Crippen MR) is 217 cm³/mol. The molecule has 4 rings (SSSR count). The zero-order valence-electron chi connectivity index (χ0n) is 33.8. The Morgan fingerprint density at radius 1 is 0.807 bits per heavy atom. The van der Waals surface area contributed by atoms with Crippen molar-refractivity contribution in [2.75, 3.05) is 6.61 Å². The molecule has 0 saturated heterocycles. The molecule has 4 aromatic rings. The second kappa shape index (κ2) is 21.8. The minimum atomic E-state index is -1.61. The number of rotatable bonds is 22. The summed E-state index contributed by atoms with van der Waals surface area (Å²) in [7, 11) is 0. The summed E-state index contributed by atoms with van der Waals surface area (Å²) < 4.78 is 5.88. The van der Waals surface area contributed by atoms with Crippen LogP contribution in [-0.4, -0.2) is 85.7 Å². The highest BCUT2D eigenvalue weighted by Crippen LogP contribution is 2.26. The van der Waals surface area contributed by atoms with Gasteiger partial charge in [0.1, 0.15) is 23.9 Å². The van der Waals surface area contributed by atoms with Crippen LogP contribution >= 0.6 is 0 Å². The third-order valence-electron chi connectivity index (χ3n) is 9.99. The molecule has 14 nitrogen and oxygen atoms in total. The molecule has 308 valence electrons. The van der Waals surface area contributed by atoms with Crippen LogP contribution in [0.25, 0.3) is 10.8 Å². The third kappa shape index (κ3) is 13.4. The van der Waals surface area contributed by atoms with Crippen molar-refractivity contribution in [2.24, 2.45) is 23.7 Å². The van der Waals surface area contributed by atoms with Crippen LogP contribution in [-0.2, 0) is 32.1 Å². The first-order chi connectivity index (χ1) is 27.3. The van der Waals surface area contributed by atoms with E-state index in [1.54, 1.807) is 30.6 Å². The number of H-pyrrole nitrogens is 1. The SMILES string of the molecule is CC[C@H](C)[C@H](NC(=O)[C@@H](CC(C)C)[C@@H](O)[C@H](O)[C@H](CC(C)C)NC(=O)[C@H](Cc1cnc[nH]1)NC(=O)COc1cccc2ccccc12)C(=O)NCc1ccccn1. The van der Waals surface area contributed by atoms with Crippen LogP contribution in [0.15, 0.2) is 79.4 Å². The highest BCUT2D eigenvalue weighted by atomic mass is 16.5. The minimum Gasteiger partial charge on any atom is -0.483 e. The number of imidazole rings is 1. The summed E-state index contributed by atoms with van der Waals surface area (Å²) in [4.78, 5) is 66.0. The number of benzene rings is 2. The quantitative estimate of drug-likeness (QED) is 0.0617. The molecular weight excluding hydrogens is 727 g/mol. The van der Waals surface area contributed by atoms with Crippen LogP contribution in [0.3, 0.4) is 0 Å². The monoisotopic (exact) mass is 785 g/mol. The minimum absolute atomic E-state index is 0.0400. The first kappa shape index (κ1) is 44.4. The highest BCUT2D eigenvalue weighted by molar-refractivity contribution is 5.91. The van der Waals surface area contributed by atoms with Gasteiger partial charge in [-0.2, -0.15) is 0 Å². The zero-order chi connectivity index (χ0) is 41.5. The maximum Gasteiger partial charge on any atom is 0.258 e. The van der Waals surface area contributed by atoms with Crippen LogP contribution in [0.4, 0.5) is 0 Å². The van der Waals surface area contributed by atoms with Crippen molar-refractivity contribution in [1.82, 2.24) is 36.2 Å². The Kier molecular flexibility index (Phi) is 17.0. The van der Waals surface area contributed by atoms with Gasteiger partial charge in [-0.3, -0.25) is 24.2 Å². The van der Waals surface area contributed by atoms with E-state index in [1.807, 2.05) is 84.0 Å². The number of nitrogens with one attached hydrogen (secondary N) is 5. The van der Waals surface area contributed by atoms with Gasteiger partial charge in [0.2, 0.25) is 17.7 Å². The molecule has 0 aliphatic heterocycles. The molecular formula is C43H59N7O7. The number of hydrogen-bond acceptors (Lipinski definition) is 9. The lowest BCUT2D eigenvalue weighted by molar-refractivity contribution is -0.139. The van der Waals surface area contributed by atoms with E-state index in [4.69, 9.17) is 4.74 Å². The number of amides is 4. The van der Waals surface area contributed by atoms with E-state index in [2.05, 4.69) is 36.2 Å². The maximum absolute atomic E-state index is 14.0. The molecule has 4 amide bonds. The molecule has 2 heterocycles. The topological polar surface area (TPSA) is 208 Å². The van der Waals surface area contributed by atoms with Gasteiger partial charge in [0.05, 0.1) is 36.6 Å². The molecule has 57 heavy (non-hydrogen) atoms. The maximum atomic E-state index is 14.0. The van der Waals surface area contributed by atoms with Crippen LogP contribution in [0.2, 0.25) is 0 Å². The second-order valence-electron chi connectivity index (χ2n) is 15.5. The normalized spacial score (nSPS) is 15.2. The Hall–Kier alpha value is -5.34. The Bertz CT molecular complexity index is 1870. The average Bonchev–Trinajstić information content (AvgIpc) is 3.72. The molecule has 7 atom stereocenters. The molecule has 0 fully saturated rings. The van der Waals surface area contributed by atoms with Gasteiger partial charge in [-0.25, -0.2) is 4.98 Å². The number of carbonyl (C=O) groups excluding carboxylic acids is 4. The first-order valence-corrected chi connectivity index (χ1v) is 19.8. The molecule has 0 spiro atoms. The fraction of sp³-hybridized carbons (Fsp3) is 0.488.